The van der Waals surface area contributed by atoms with Crippen LogP contribution < -0.4 is 4.74 Å². The number of aryl methyl sites for hydroxylation is 1. The van der Waals surface area contributed by atoms with Gasteiger partial charge in [0, 0.05) is 28.6 Å². The minimum atomic E-state index is -0.599. The van der Waals surface area contributed by atoms with Gasteiger partial charge in [-0.05, 0) is 13.0 Å². The van der Waals surface area contributed by atoms with E-state index >= 15 is 0 Å². The van der Waals surface area contributed by atoms with Gasteiger partial charge in [-0.3, -0.25) is 10.1 Å². The predicted molar refractivity (Wildman–Crippen MR) is 101 cm³/mol. The van der Waals surface area contributed by atoms with Gasteiger partial charge < -0.3 is 9.47 Å². The Bertz CT molecular complexity index is 982. The van der Waals surface area contributed by atoms with E-state index in [1.165, 1.54) is 36.6 Å². The lowest BCUT2D eigenvalue weighted by molar-refractivity contribution is -0.385. The molecule has 0 saturated carbocycles. The fraction of sp³-hybridized carbons (Fsp3) is 0.158. The molecule has 7 nitrogen and oxygen atoms in total. The number of benzene rings is 2. The molecule has 138 valence electrons. The Labute approximate surface area is 159 Å². The average Bonchev–Trinajstić information content (AvgIpc) is 3.16. The molecule has 3 rings (SSSR count). The van der Waals surface area contributed by atoms with E-state index in [0.29, 0.717) is 11.3 Å². The zero-order chi connectivity index (χ0) is 19.4. The summed E-state index contributed by atoms with van der Waals surface area (Å²) in [5.41, 5.74) is 2.57. The Kier molecular flexibility index (Phi) is 5.46. The van der Waals surface area contributed by atoms with Crippen molar-refractivity contribution in [3.8, 4) is 16.3 Å². The molecule has 0 radical (unpaired) electrons. The van der Waals surface area contributed by atoms with Crippen molar-refractivity contribution in [3.05, 3.63) is 74.8 Å². The van der Waals surface area contributed by atoms with Crippen molar-refractivity contribution < 1.29 is 19.2 Å². The first kappa shape index (κ1) is 18.5. The molecule has 27 heavy (non-hydrogen) atoms. The Hall–Kier alpha value is -3.26. The number of non-ortho nitro benzene ring substituents is 1. The van der Waals surface area contributed by atoms with Crippen molar-refractivity contribution in [1.82, 2.24) is 4.98 Å². The van der Waals surface area contributed by atoms with Crippen LogP contribution in [0, 0.1) is 17.0 Å². The van der Waals surface area contributed by atoms with E-state index in [4.69, 9.17) is 9.47 Å². The van der Waals surface area contributed by atoms with Gasteiger partial charge >= 0.3 is 5.97 Å². The van der Waals surface area contributed by atoms with Gasteiger partial charge in [0.25, 0.3) is 5.69 Å². The number of esters is 1. The van der Waals surface area contributed by atoms with Crippen LogP contribution in [0.4, 0.5) is 5.69 Å². The lowest BCUT2D eigenvalue weighted by Crippen LogP contribution is -2.07. The third kappa shape index (κ3) is 4.29. The molecule has 1 aromatic heterocycles. The normalized spacial score (nSPS) is 10.4. The number of aromatic nitrogens is 1. The summed E-state index contributed by atoms with van der Waals surface area (Å²) in [6.07, 6.45) is 0. The largest absolute Gasteiger partial charge is 0.496 e. The van der Waals surface area contributed by atoms with Crippen molar-refractivity contribution in [2.75, 3.05) is 7.11 Å². The number of nitrogens with zero attached hydrogens (tertiary/aromatic N) is 2. The number of carbonyl (C=O) groups is 1. The summed E-state index contributed by atoms with van der Waals surface area (Å²) in [4.78, 5) is 27.0. The number of nitro groups is 1. The summed E-state index contributed by atoms with van der Waals surface area (Å²) in [6, 6.07) is 12.0. The van der Waals surface area contributed by atoms with Crippen LogP contribution >= 0.6 is 11.3 Å². The summed E-state index contributed by atoms with van der Waals surface area (Å²) < 4.78 is 10.4. The first-order valence-electron chi connectivity index (χ1n) is 7.99. The molecule has 8 heteroatoms. The fourth-order valence-corrected chi connectivity index (χ4v) is 3.20. The highest BCUT2D eigenvalue weighted by molar-refractivity contribution is 7.13. The first-order chi connectivity index (χ1) is 13.0. The molecule has 0 saturated heterocycles. The number of methoxy groups -OCH3 is 1. The number of nitro benzene ring substituents is 1. The Morgan fingerprint density at radius 3 is 2.63 bits per heavy atom. The molecular weight excluding hydrogens is 368 g/mol. The maximum Gasteiger partial charge on any atom is 0.358 e. The second kappa shape index (κ2) is 7.96. The summed E-state index contributed by atoms with van der Waals surface area (Å²) in [5.74, 6) is -0.190. The standard InChI is InChI=1S/C19H16N2O5S/c1-12-3-5-13(6-4-12)18-20-16(11-27-18)19(22)26-10-14-9-15(21(23)24)7-8-17(14)25-2/h3-9,11H,10H2,1-2H3. The van der Waals surface area contributed by atoms with E-state index in [1.54, 1.807) is 5.38 Å². The van der Waals surface area contributed by atoms with E-state index in [0.717, 1.165) is 16.1 Å². The molecule has 0 amide bonds. The highest BCUT2D eigenvalue weighted by Crippen LogP contribution is 2.26. The van der Waals surface area contributed by atoms with Gasteiger partial charge in [-0.15, -0.1) is 11.3 Å². The topological polar surface area (TPSA) is 91.6 Å². The zero-order valence-electron chi connectivity index (χ0n) is 14.7. The van der Waals surface area contributed by atoms with Gasteiger partial charge in [-0.1, -0.05) is 29.8 Å². The molecular formula is C19H16N2O5S. The molecule has 0 aliphatic heterocycles. The molecule has 0 aliphatic carbocycles. The molecule has 0 spiro atoms. The lowest BCUT2D eigenvalue weighted by atomic mass is 10.2. The van der Waals surface area contributed by atoms with Gasteiger partial charge in [-0.2, -0.15) is 0 Å². The van der Waals surface area contributed by atoms with Gasteiger partial charge in [0.1, 0.15) is 17.4 Å². The molecule has 0 atom stereocenters. The highest BCUT2D eigenvalue weighted by atomic mass is 32.1. The van der Waals surface area contributed by atoms with Crippen LogP contribution in [0.5, 0.6) is 5.75 Å². The number of hydrogen-bond acceptors (Lipinski definition) is 7. The molecule has 0 aliphatic rings. The van der Waals surface area contributed by atoms with Crippen molar-refractivity contribution in [2.24, 2.45) is 0 Å². The predicted octanol–water partition coefficient (Wildman–Crippen LogP) is 4.39. The van der Waals surface area contributed by atoms with Crippen LogP contribution in [-0.4, -0.2) is 23.0 Å². The third-order valence-corrected chi connectivity index (χ3v) is 4.74. The molecule has 2 aromatic carbocycles. The van der Waals surface area contributed by atoms with Gasteiger partial charge in [0.15, 0.2) is 5.69 Å². The van der Waals surface area contributed by atoms with E-state index in [2.05, 4.69) is 4.98 Å². The molecule has 0 bridgehead atoms. The van der Waals surface area contributed by atoms with E-state index in [1.807, 2.05) is 31.2 Å². The third-order valence-electron chi connectivity index (χ3n) is 3.85. The second-order valence-electron chi connectivity index (χ2n) is 5.73. The summed E-state index contributed by atoms with van der Waals surface area (Å²) in [6.45, 7) is 1.84. The Balaban J connectivity index is 1.72. The van der Waals surface area contributed by atoms with E-state index < -0.39 is 10.9 Å². The molecule has 1 heterocycles. The van der Waals surface area contributed by atoms with Crippen molar-refractivity contribution >= 4 is 23.0 Å². The van der Waals surface area contributed by atoms with Crippen molar-refractivity contribution in [3.63, 3.8) is 0 Å². The highest BCUT2D eigenvalue weighted by Gasteiger charge is 2.16. The molecule has 0 unspecified atom stereocenters. The maximum absolute atomic E-state index is 12.3. The van der Waals surface area contributed by atoms with Gasteiger partial charge in [-0.25, -0.2) is 9.78 Å². The second-order valence-corrected chi connectivity index (χ2v) is 6.59. The van der Waals surface area contributed by atoms with E-state index in [-0.39, 0.29) is 18.0 Å². The molecule has 3 aromatic rings. The average molecular weight is 384 g/mol. The minimum absolute atomic E-state index is 0.0998. The SMILES string of the molecule is COc1ccc([N+](=O)[O-])cc1COC(=O)c1csc(-c2ccc(C)cc2)n1. The summed E-state index contributed by atoms with van der Waals surface area (Å²) in [7, 11) is 1.45. The van der Waals surface area contributed by atoms with Crippen LogP contribution in [-0.2, 0) is 11.3 Å². The minimum Gasteiger partial charge on any atom is -0.496 e. The molecule has 0 fully saturated rings. The Morgan fingerprint density at radius 1 is 1.22 bits per heavy atom. The molecule has 0 N–H and O–H groups in total. The van der Waals surface area contributed by atoms with Gasteiger partial charge in [0.05, 0.1) is 12.0 Å². The lowest BCUT2D eigenvalue weighted by Gasteiger charge is -2.08. The number of thiazole rings is 1. The number of carbonyl (C=O) groups excluding carboxylic acids is 1. The van der Waals surface area contributed by atoms with Crippen LogP contribution in [0.3, 0.4) is 0 Å². The quantitative estimate of drug-likeness (QED) is 0.355. The Morgan fingerprint density at radius 2 is 1.96 bits per heavy atom. The van der Waals surface area contributed by atoms with Crippen molar-refractivity contribution in [1.29, 1.82) is 0 Å². The first-order valence-corrected chi connectivity index (χ1v) is 8.87. The zero-order valence-corrected chi connectivity index (χ0v) is 15.5. The van der Waals surface area contributed by atoms with Gasteiger partial charge in [0.2, 0.25) is 0 Å². The van der Waals surface area contributed by atoms with Crippen LogP contribution in [0.15, 0.2) is 47.8 Å². The number of rotatable bonds is 6. The summed E-state index contributed by atoms with van der Waals surface area (Å²) in [5, 5.41) is 13.3. The van der Waals surface area contributed by atoms with Crippen molar-refractivity contribution in [2.45, 2.75) is 13.5 Å². The fourth-order valence-electron chi connectivity index (χ4n) is 2.40. The smallest absolute Gasteiger partial charge is 0.358 e. The summed E-state index contributed by atoms with van der Waals surface area (Å²) >= 11 is 1.35. The van der Waals surface area contributed by atoms with Crippen LogP contribution in [0.2, 0.25) is 0 Å². The van der Waals surface area contributed by atoms with E-state index in [9.17, 15) is 14.9 Å². The monoisotopic (exact) mass is 384 g/mol. The maximum atomic E-state index is 12.3. The van der Waals surface area contributed by atoms with Crippen LogP contribution in [0.1, 0.15) is 21.6 Å². The van der Waals surface area contributed by atoms with Crippen LogP contribution in [0.25, 0.3) is 10.6 Å². The number of hydrogen-bond donors (Lipinski definition) is 0. The number of ether oxygens (including phenoxy) is 2.